The number of hydrogen-bond donors (Lipinski definition) is 14. The minimum absolute atomic E-state index is 0.0365. The largest absolute Gasteiger partial charge is 0.508 e. The third-order valence-corrected chi connectivity index (χ3v) is 13.3. The van der Waals surface area contributed by atoms with Crippen LogP contribution in [0.3, 0.4) is 0 Å². The van der Waals surface area contributed by atoms with E-state index in [-0.39, 0.29) is 23.5 Å². The maximum atomic E-state index is 15.9. The van der Waals surface area contributed by atoms with Crippen molar-refractivity contribution >= 4 is 72.6 Å². The number of nitrogens with two attached hydrogens (primary N) is 1. The van der Waals surface area contributed by atoms with Gasteiger partial charge in [-0.2, -0.15) is 8.78 Å². The van der Waals surface area contributed by atoms with E-state index in [9.17, 15) is 72.4 Å². The molecule has 0 saturated carbocycles. The molecule has 15 N–H and O–H groups in total. The third kappa shape index (κ3) is 21.7. The number of carbonyl (C=O) groups excluding carboxylic acids is 10. The van der Waals surface area contributed by atoms with Crippen LogP contribution in [0.4, 0.5) is 8.78 Å². The molecule has 0 fully saturated rings. The van der Waals surface area contributed by atoms with Crippen LogP contribution in [0, 0.1) is 17.8 Å². The van der Waals surface area contributed by atoms with Crippen molar-refractivity contribution < 1.29 is 90.8 Å². The Morgan fingerprint density at radius 2 is 0.987 bits per heavy atom. The molecule has 8 atom stereocenters. The summed E-state index contributed by atoms with van der Waals surface area (Å²) in [4.78, 5) is 153. The Labute approximate surface area is 447 Å². The minimum atomic E-state index is -5.94. The van der Waals surface area contributed by atoms with Crippen molar-refractivity contribution in [1.29, 1.82) is 0 Å². The van der Waals surface area contributed by atoms with Gasteiger partial charge in [-0.1, -0.05) is 58.9 Å². The quantitative estimate of drug-likeness (QED) is 0.0362. The summed E-state index contributed by atoms with van der Waals surface area (Å²) in [5, 5.41) is 48.9. The molecule has 10 amide bonds. The van der Waals surface area contributed by atoms with Gasteiger partial charge < -0.3 is 78.3 Å². The van der Waals surface area contributed by atoms with Crippen molar-refractivity contribution in [1.82, 2.24) is 47.9 Å². The number of rotatable bonds is 32. The number of amides is 10. The van der Waals surface area contributed by atoms with Gasteiger partial charge in [0.15, 0.2) is 0 Å². The standard InChI is InChI=1S/C48H69F2N10O17P/c1-8-77-78(75,76)48(49,50)26(6)41(59-37(66)23-53-43(70)32(17-18-38(67)68)55-35(64)21-52-27(7)61)47(74)57-34(20-29-11-15-31(63)16-12-29)44(71)54-22-36(65)58-39(24(2)3)46(73)60-40(25(4)5)45(72)56-33(42(51)69)19-28-9-13-30(62)14-10-28/h9-16,24-26,32-34,39-41,62-63H,8,17-23H2,1-7H3,(H2,51,69)(H,52,61)(H,53,70)(H,54,71)(H,55,64)(H,56,72)(H,57,74)(H,58,65)(H,59,66)(H,60,73)(H,67,68)(H,75,76)/t26-,32+,33+,34+,39+,40+,41+/m1/s1. The van der Waals surface area contributed by atoms with E-state index in [1.165, 1.54) is 48.5 Å². The molecule has 0 bridgehead atoms. The van der Waals surface area contributed by atoms with Crippen LogP contribution >= 0.6 is 7.60 Å². The molecule has 0 aliphatic rings. The van der Waals surface area contributed by atoms with Gasteiger partial charge in [0.25, 0.3) is 0 Å². The lowest BCUT2D eigenvalue weighted by Crippen LogP contribution is -2.60. The summed E-state index contributed by atoms with van der Waals surface area (Å²) in [5.74, 6) is -16.0. The van der Waals surface area contributed by atoms with Crippen LogP contribution in [0.2, 0.25) is 0 Å². The van der Waals surface area contributed by atoms with Gasteiger partial charge in [0.2, 0.25) is 59.1 Å². The Bertz CT molecular complexity index is 2520. The number of phenols is 2. The van der Waals surface area contributed by atoms with Gasteiger partial charge in [-0.05, 0) is 60.6 Å². The van der Waals surface area contributed by atoms with E-state index in [2.05, 4.69) is 47.1 Å². The van der Waals surface area contributed by atoms with E-state index < -0.39 is 178 Å². The van der Waals surface area contributed by atoms with E-state index >= 15 is 8.78 Å². The lowest BCUT2D eigenvalue weighted by molar-refractivity contribution is -0.138. The molecular weight excluding hydrogens is 1060 g/mol. The zero-order valence-electron chi connectivity index (χ0n) is 43.8. The van der Waals surface area contributed by atoms with Gasteiger partial charge in [0.05, 0.1) is 32.2 Å². The summed E-state index contributed by atoms with van der Waals surface area (Å²) >= 11 is 0. The average molecular weight is 1130 g/mol. The maximum absolute atomic E-state index is 15.9. The molecule has 1 unspecified atom stereocenters. The monoisotopic (exact) mass is 1130 g/mol. The Kier molecular flexibility index (Phi) is 26.2. The third-order valence-electron chi connectivity index (χ3n) is 11.5. The molecule has 2 aromatic carbocycles. The SMILES string of the molecule is CCOP(=O)(O)C(F)(F)[C@H](C)[C@H](NC(=O)CNC(=O)[C@H](CCC(=O)O)NC(=O)CNC(C)=O)C(=O)N[C@@H](Cc1ccc(O)cc1)C(=O)NCC(=O)N[C@H](C(=O)N[C@H](C(=O)N[C@@H](Cc1ccc(O)cc1)C(N)=O)C(C)C)C(C)C. The van der Waals surface area contributed by atoms with Crippen LogP contribution in [-0.4, -0.2) is 153 Å². The minimum Gasteiger partial charge on any atom is -0.508 e. The second-order valence-electron chi connectivity index (χ2n) is 18.5. The Hall–Kier alpha value is -7.78. The van der Waals surface area contributed by atoms with Crippen LogP contribution in [0.15, 0.2) is 48.5 Å². The number of primary amides is 1. The second kappa shape index (κ2) is 30.8. The molecule has 0 aliphatic heterocycles. The lowest BCUT2D eigenvalue weighted by atomic mass is 9.98. The molecule has 0 aromatic heterocycles. The Balaban J connectivity index is 2.40. The highest BCUT2D eigenvalue weighted by Crippen LogP contribution is 2.61. The van der Waals surface area contributed by atoms with Gasteiger partial charge in [0, 0.05) is 26.2 Å². The molecule has 0 heterocycles. The predicted octanol–water partition coefficient (Wildman–Crippen LogP) is -1.73. The number of benzene rings is 2. The molecule has 30 heteroatoms. The number of halogens is 2. The van der Waals surface area contributed by atoms with Crippen molar-refractivity contribution in [3.63, 3.8) is 0 Å². The Morgan fingerprint density at radius 3 is 1.44 bits per heavy atom. The van der Waals surface area contributed by atoms with Gasteiger partial charge in [-0.15, -0.1) is 0 Å². The van der Waals surface area contributed by atoms with E-state index in [1.807, 2.05) is 5.32 Å². The van der Waals surface area contributed by atoms with Crippen molar-refractivity contribution in [3.8, 4) is 11.5 Å². The molecule has 432 valence electrons. The first-order valence-electron chi connectivity index (χ1n) is 24.3. The highest BCUT2D eigenvalue weighted by molar-refractivity contribution is 7.54. The predicted molar refractivity (Wildman–Crippen MR) is 271 cm³/mol. The summed E-state index contributed by atoms with van der Waals surface area (Å²) in [5.41, 5.74) is 1.51. The molecule has 0 aliphatic carbocycles. The highest BCUT2D eigenvalue weighted by atomic mass is 31.2. The molecule has 27 nitrogen and oxygen atoms in total. The van der Waals surface area contributed by atoms with E-state index in [0.29, 0.717) is 12.5 Å². The normalized spacial score (nSPS) is 14.8. The number of nitrogens with one attached hydrogen (secondary N) is 9. The number of carboxylic acid groups (broad SMARTS) is 1. The summed E-state index contributed by atoms with van der Waals surface area (Å²) in [6.07, 6.45) is -1.75. The van der Waals surface area contributed by atoms with Crippen molar-refractivity contribution in [2.24, 2.45) is 23.5 Å². The van der Waals surface area contributed by atoms with Crippen LogP contribution in [0.25, 0.3) is 0 Å². The number of aromatic hydroxyl groups is 2. The van der Waals surface area contributed by atoms with Crippen molar-refractivity contribution in [2.75, 3.05) is 26.2 Å². The molecule has 0 saturated heterocycles. The van der Waals surface area contributed by atoms with E-state index in [1.54, 1.807) is 27.7 Å². The van der Waals surface area contributed by atoms with Gasteiger partial charge in [-0.3, -0.25) is 57.3 Å². The molecule has 78 heavy (non-hydrogen) atoms. The zero-order chi connectivity index (χ0) is 59.2. The Morgan fingerprint density at radius 1 is 0.590 bits per heavy atom. The van der Waals surface area contributed by atoms with Crippen LogP contribution < -0.4 is 53.6 Å². The summed E-state index contributed by atoms with van der Waals surface area (Å²) in [7, 11) is -5.94. The first kappa shape index (κ1) is 66.3. The second-order valence-corrected chi connectivity index (χ2v) is 20.4. The van der Waals surface area contributed by atoms with E-state index in [4.69, 9.17) is 10.8 Å². The number of carbonyl (C=O) groups is 11. The highest BCUT2D eigenvalue weighted by Gasteiger charge is 2.59. The molecule has 0 radical (unpaired) electrons. The molecular formula is C48H69F2N10O17P. The maximum Gasteiger partial charge on any atom is 0.397 e. The average Bonchev–Trinajstić information content (AvgIpc) is 3.35. The van der Waals surface area contributed by atoms with Gasteiger partial charge in [0.1, 0.15) is 47.8 Å². The summed E-state index contributed by atoms with van der Waals surface area (Å²) in [6, 6.07) is 0.949. The number of hydrogen-bond acceptors (Lipinski definition) is 15. The number of phenolic OH excluding ortho intramolecular Hbond substituents is 2. The van der Waals surface area contributed by atoms with Gasteiger partial charge in [-0.25, -0.2) is 0 Å². The summed E-state index contributed by atoms with van der Waals surface area (Å²) < 4.78 is 49.0. The van der Waals surface area contributed by atoms with Crippen molar-refractivity contribution in [2.45, 2.75) is 116 Å². The van der Waals surface area contributed by atoms with E-state index in [0.717, 1.165) is 13.8 Å². The number of alkyl halides is 2. The van der Waals surface area contributed by atoms with Crippen LogP contribution in [-0.2, 0) is 74.7 Å². The lowest BCUT2D eigenvalue weighted by Gasteiger charge is -2.33. The fraction of sp³-hybridized carbons (Fsp3) is 0.521. The molecule has 0 spiro atoms. The number of aliphatic carboxylic acids is 1. The molecule has 2 rings (SSSR count). The zero-order valence-corrected chi connectivity index (χ0v) is 44.7. The first-order chi connectivity index (χ1) is 36.3. The van der Waals surface area contributed by atoms with Crippen LogP contribution in [0.1, 0.15) is 72.4 Å². The first-order valence-corrected chi connectivity index (χ1v) is 25.9. The fourth-order valence-corrected chi connectivity index (χ4v) is 8.34. The van der Waals surface area contributed by atoms with Crippen LogP contribution in [0.5, 0.6) is 11.5 Å². The smallest absolute Gasteiger partial charge is 0.397 e. The molecule has 2 aromatic rings. The van der Waals surface area contributed by atoms with Gasteiger partial charge >= 0.3 is 19.2 Å². The fourth-order valence-electron chi connectivity index (χ4n) is 7.16. The summed E-state index contributed by atoms with van der Waals surface area (Å²) in [6.45, 7) is 5.70. The number of carboxylic acids is 1. The van der Waals surface area contributed by atoms with Crippen molar-refractivity contribution in [3.05, 3.63) is 59.7 Å². The topological polar surface area (TPSA) is 429 Å².